The molecule has 1 aromatic heterocycles. The molecule has 0 spiro atoms. The lowest BCUT2D eigenvalue weighted by molar-refractivity contribution is 0.0613. The quantitative estimate of drug-likeness (QED) is 0.663. The zero-order valence-electron chi connectivity index (χ0n) is 17.6. The van der Waals surface area contributed by atoms with Crippen molar-refractivity contribution in [3.8, 4) is 5.75 Å². The third-order valence-electron chi connectivity index (χ3n) is 6.03. The number of ether oxygens (including phenoxy) is 1. The second kappa shape index (κ2) is 8.74. The largest absolute Gasteiger partial charge is 0.497 e. The predicted octanol–water partition coefficient (Wildman–Crippen LogP) is 4.82. The third-order valence-corrected chi connectivity index (χ3v) is 6.03. The number of aryl methyl sites for hydroxylation is 1. The van der Waals surface area contributed by atoms with Gasteiger partial charge in [-0.2, -0.15) is 0 Å². The van der Waals surface area contributed by atoms with Gasteiger partial charge in [-0.1, -0.05) is 30.9 Å². The third kappa shape index (κ3) is 4.25. The molecule has 1 N–H and O–H groups in total. The smallest absolute Gasteiger partial charge is 0.254 e. The number of hydrogen-bond donors (Lipinski definition) is 1. The van der Waals surface area contributed by atoms with E-state index in [0.29, 0.717) is 17.7 Å². The molecule has 5 nitrogen and oxygen atoms in total. The second-order valence-electron chi connectivity index (χ2n) is 8.17. The number of carbonyl (C=O) groups excluding carboxylic acids is 1. The maximum absolute atomic E-state index is 13.4. The Balaban J connectivity index is 1.69. The van der Waals surface area contributed by atoms with E-state index in [1.54, 1.807) is 31.4 Å². The van der Waals surface area contributed by atoms with Crippen molar-refractivity contribution in [1.82, 2.24) is 9.88 Å². The fraction of sp³-hybridized carbons (Fsp3) is 0.360. The first-order valence-electron chi connectivity index (χ1n) is 10.6. The average Bonchev–Trinajstić information content (AvgIpc) is 2.78. The number of nitrogens with one attached hydrogen (secondary N) is 1. The van der Waals surface area contributed by atoms with Crippen LogP contribution in [0.15, 0.2) is 53.3 Å². The Labute approximate surface area is 176 Å². The Morgan fingerprint density at radius 2 is 1.80 bits per heavy atom. The van der Waals surface area contributed by atoms with Gasteiger partial charge in [-0.05, 0) is 67.6 Å². The lowest BCUT2D eigenvalue weighted by atomic mass is 9.93. The summed E-state index contributed by atoms with van der Waals surface area (Å²) in [4.78, 5) is 31.1. The van der Waals surface area contributed by atoms with Crippen molar-refractivity contribution in [3.63, 3.8) is 0 Å². The van der Waals surface area contributed by atoms with Crippen LogP contribution in [0.25, 0.3) is 10.9 Å². The van der Waals surface area contributed by atoms with E-state index in [2.05, 4.69) is 11.1 Å². The Bertz CT molecular complexity index is 1100. The molecular weight excluding hydrogens is 376 g/mol. The van der Waals surface area contributed by atoms with Crippen molar-refractivity contribution in [2.45, 2.75) is 51.6 Å². The van der Waals surface area contributed by atoms with Gasteiger partial charge in [-0.3, -0.25) is 9.59 Å². The minimum absolute atomic E-state index is 0.0340. The van der Waals surface area contributed by atoms with Gasteiger partial charge in [0, 0.05) is 22.7 Å². The molecule has 1 amide bonds. The first-order chi connectivity index (χ1) is 14.5. The van der Waals surface area contributed by atoms with Crippen LogP contribution >= 0.6 is 0 Å². The van der Waals surface area contributed by atoms with Gasteiger partial charge < -0.3 is 14.6 Å². The summed E-state index contributed by atoms with van der Waals surface area (Å²) in [7, 11) is 1.61. The number of methoxy groups -OCH3 is 1. The second-order valence-corrected chi connectivity index (χ2v) is 8.17. The topological polar surface area (TPSA) is 62.4 Å². The van der Waals surface area contributed by atoms with Gasteiger partial charge in [-0.25, -0.2) is 0 Å². The van der Waals surface area contributed by atoms with Crippen LogP contribution in [0, 0.1) is 6.92 Å². The number of rotatable bonds is 5. The van der Waals surface area contributed by atoms with E-state index in [9.17, 15) is 9.59 Å². The molecule has 0 saturated heterocycles. The minimum Gasteiger partial charge on any atom is -0.497 e. The van der Waals surface area contributed by atoms with Gasteiger partial charge in [0.1, 0.15) is 5.75 Å². The van der Waals surface area contributed by atoms with Crippen LogP contribution in [0.5, 0.6) is 5.75 Å². The van der Waals surface area contributed by atoms with Gasteiger partial charge in [-0.15, -0.1) is 0 Å². The maximum Gasteiger partial charge on any atom is 0.254 e. The molecule has 30 heavy (non-hydrogen) atoms. The molecule has 4 rings (SSSR count). The first-order valence-corrected chi connectivity index (χ1v) is 10.6. The highest BCUT2D eigenvalue weighted by molar-refractivity contribution is 5.94. The Kier molecular flexibility index (Phi) is 5.88. The molecule has 0 radical (unpaired) electrons. The molecule has 1 fully saturated rings. The number of pyridine rings is 1. The lowest BCUT2D eigenvalue weighted by Gasteiger charge is -2.34. The summed E-state index contributed by atoms with van der Waals surface area (Å²) < 4.78 is 5.22. The van der Waals surface area contributed by atoms with Crippen molar-refractivity contribution in [2.75, 3.05) is 7.11 Å². The van der Waals surface area contributed by atoms with Gasteiger partial charge in [0.15, 0.2) is 0 Å². The number of benzene rings is 2. The molecule has 5 heteroatoms. The number of aromatic nitrogens is 1. The Hall–Kier alpha value is -3.08. The number of H-pyrrole nitrogens is 1. The minimum atomic E-state index is -0.130. The monoisotopic (exact) mass is 404 g/mol. The molecule has 1 heterocycles. The molecule has 0 bridgehead atoms. The Morgan fingerprint density at radius 3 is 2.50 bits per heavy atom. The molecule has 2 aromatic carbocycles. The molecule has 1 aliphatic carbocycles. The zero-order chi connectivity index (χ0) is 21.1. The van der Waals surface area contributed by atoms with E-state index in [0.717, 1.165) is 47.9 Å². The van der Waals surface area contributed by atoms with Gasteiger partial charge in [0.2, 0.25) is 0 Å². The predicted molar refractivity (Wildman–Crippen MR) is 119 cm³/mol. The van der Waals surface area contributed by atoms with Crippen molar-refractivity contribution in [3.05, 3.63) is 75.6 Å². The van der Waals surface area contributed by atoms with Crippen molar-refractivity contribution in [2.24, 2.45) is 0 Å². The molecule has 0 atom stereocenters. The summed E-state index contributed by atoms with van der Waals surface area (Å²) in [6.07, 6.45) is 5.39. The number of nitrogens with zero attached hydrogens (tertiary/aromatic N) is 1. The summed E-state index contributed by atoms with van der Waals surface area (Å²) in [5.41, 5.74) is 3.07. The van der Waals surface area contributed by atoms with Crippen molar-refractivity contribution >= 4 is 16.8 Å². The number of amides is 1. The van der Waals surface area contributed by atoms with E-state index < -0.39 is 0 Å². The van der Waals surface area contributed by atoms with Crippen LogP contribution in [0.3, 0.4) is 0 Å². The lowest BCUT2D eigenvalue weighted by Crippen LogP contribution is -2.42. The van der Waals surface area contributed by atoms with E-state index >= 15 is 0 Å². The standard InChI is InChI=1S/C25H28N2O3/c1-17-8-13-23-19(14-17)15-20(24(28)26-23)16-27(21-6-4-3-5-7-21)25(29)18-9-11-22(30-2)12-10-18/h8-15,21H,3-7,16H2,1-2H3,(H,26,28). The molecule has 1 aliphatic rings. The van der Waals surface area contributed by atoms with Crippen LogP contribution in [0.4, 0.5) is 0 Å². The highest BCUT2D eigenvalue weighted by Crippen LogP contribution is 2.26. The highest BCUT2D eigenvalue weighted by Gasteiger charge is 2.27. The van der Waals surface area contributed by atoms with E-state index in [1.165, 1.54) is 6.42 Å². The summed E-state index contributed by atoms with van der Waals surface area (Å²) in [5.74, 6) is 0.686. The van der Waals surface area contributed by atoms with Gasteiger partial charge in [0.25, 0.3) is 11.5 Å². The van der Waals surface area contributed by atoms with Crippen molar-refractivity contribution in [1.29, 1.82) is 0 Å². The Morgan fingerprint density at radius 1 is 1.07 bits per heavy atom. The fourth-order valence-electron chi connectivity index (χ4n) is 4.33. The van der Waals surface area contributed by atoms with Crippen LogP contribution in [0.1, 0.15) is 53.6 Å². The molecular formula is C25H28N2O3. The SMILES string of the molecule is COc1ccc(C(=O)N(Cc2cc3cc(C)ccc3[nH]c2=O)C2CCCCC2)cc1. The van der Waals surface area contributed by atoms with E-state index in [4.69, 9.17) is 4.74 Å². The molecule has 156 valence electrons. The maximum atomic E-state index is 13.4. The number of fused-ring (bicyclic) bond motifs is 1. The number of carbonyl (C=O) groups is 1. The number of hydrogen-bond acceptors (Lipinski definition) is 3. The van der Waals surface area contributed by atoms with Crippen LogP contribution in [-0.4, -0.2) is 28.9 Å². The summed E-state index contributed by atoms with van der Waals surface area (Å²) in [6.45, 7) is 2.35. The first kappa shape index (κ1) is 20.2. The fourth-order valence-corrected chi connectivity index (χ4v) is 4.33. The van der Waals surface area contributed by atoms with E-state index in [-0.39, 0.29) is 17.5 Å². The highest BCUT2D eigenvalue weighted by atomic mass is 16.5. The van der Waals surface area contributed by atoms with Gasteiger partial charge in [0.05, 0.1) is 13.7 Å². The zero-order valence-corrected chi connectivity index (χ0v) is 17.6. The summed E-state index contributed by atoms with van der Waals surface area (Å²) in [6, 6.07) is 15.3. The number of aromatic amines is 1. The van der Waals surface area contributed by atoms with Crippen molar-refractivity contribution < 1.29 is 9.53 Å². The van der Waals surface area contributed by atoms with Gasteiger partial charge >= 0.3 is 0 Å². The molecule has 1 saturated carbocycles. The van der Waals surface area contributed by atoms with Crippen LogP contribution in [-0.2, 0) is 6.54 Å². The molecule has 0 unspecified atom stereocenters. The van der Waals surface area contributed by atoms with Crippen LogP contribution < -0.4 is 10.3 Å². The molecule has 0 aliphatic heterocycles. The summed E-state index contributed by atoms with van der Waals surface area (Å²) in [5, 5.41) is 0.991. The van der Waals surface area contributed by atoms with E-state index in [1.807, 2.05) is 30.0 Å². The van der Waals surface area contributed by atoms with Crippen LogP contribution in [0.2, 0.25) is 0 Å². The molecule has 3 aromatic rings. The average molecular weight is 405 g/mol. The summed E-state index contributed by atoms with van der Waals surface area (Å²) >= 11 is 0. The normalized spacial score (nSPS) is 14.6.